The van der Waals surface area contributed by atoms with Crippen LogP contribution in [-0.4, -0.2) is 12.2 Å². The van der Waals surface area contributed by atoms with Crippen molar-refractivity contribution in [2.75, 3.05) is 7.11 Å². The maximum Gasteiger partial charge on any atom is 0.0319 e. The zero-order chi connectivity index (χ0) is 5.54. The van der Waals surface area contributed by atoms with Crippen LogP contribution in [0.3, 0.4) is 0 Å². The summed E-state index contributed by atoms with van der Waals surface area (Å²) in [5.41, 5.74) is 0. The molecule has 2 heteroatoms. The first kappa shape index (κ1) is 51.3. The minimum atomic E-state index is 0. The van der Waals surface area contributed by atoms with Crippen molar-refractivity contribution in [2.45, 2.75) is 6.42 Å². The van der Waals surface area contributed by atoms with E-state index in [9.17, 15) is 0 Å². The molecule has 1 nitrogen and oxygen atoms in total. The van der Waals surface area contributed by atoms with Crippen molar-refractivity contribution >= 4 is 0 Å². The molecular formula is C11H24OTi-6. The molecular weight excluding hydrogens is 196 g/mol. The third kappa shape index (κ3) is 47.2. The summed E-state index contributed by atoms with van der Waals surface area (Å²) in [6.45, 7) is 0. The largest absolute Gasteiger partial charge is 0.400 e. The average Bonchev–Trinajstić information content (AvgIpc) is 2.23. The van der Waals surface area contributed by atoms with Gasteiger partial charge in [-0.25, -0.2) is 12.2 Å². The molecule has 1 rings (SSSR count). The molecule has 84 valence electrons. The van der Waals surface area contributed by atoms with Crippen LogP contribution in [-0.2, 0) is 21.7 Å². The van der Waals surface area contributed by atoms with Gasteiger partial charge in [-0.1, -0.05) is 0 Å². The van der Waals surface area contributed by atoms with E-state index in [0.717, 1.165) is 13.5 Å². The van der Waals surface area contributed by atoms with E-state index < -0.39 is 0 Å². The molecule has 0 saturated heterocycles. The summed E-state index contributed by atoms with van der Waals surface area (Å²) in [5.74, 6) is 0. The van der Waals surface area contributed by atoms with E-state index in [4.69, 9.17) is 5.11 Å². The zero-order valence-electron chi connectivity index (χ0n) is 9.89. The normalized spacial score (nSPS) is 7.23. The van der Waals surface area contributed by atoms with Crippen LogP contribution in [0, 0.1) is 43.2 Å². The first-order chi connectivity index (χ1) is 3.50. The zero-order valence-corrected chi connectivity index (χ0v) is 11.4. The molecule has 0 saturated carbocycles. The summed E-state index contributed by atoms with van der Waals surface area (Å²) in [6.07, 6.45) is 10.0. The van der Waals surface area contributed by atoms with Crippen molar-refractivity contribution in [3.05, 3.63) is 61.4 Å². The average molecular weight is 220 g/mol. The molecule has 0 heterocycles. The molecule has 0 aromatic heterocycles. The Bertz CT molecular complexity index is 68.2. The van der Waals surface area contributed by atoms with E-state index in [0.29, 0.717) is 0 Å². The quantitative estimate of drug-likeness (QED) is 0.491. The summed E-state index contributed by atoms with van der Waals surface area (Å²) in [5, 5.41) is 7.00. The van der Waals surface area contributed by atoms with Crippen molar-refractivity contribution in [1.82, 2.24) is 0 Å². The molecule has 0 fully saturated rings. The Morgan fingerprint density at radius 1 is 1.00 bits per heavy atom. The third-order valence-electron chi connectivity index (χ3n) is 0.586. The second-order valence-electron chi connectivity index (χ2n) is 1.00. The molecule has 1 N–H and O–H groups in total. The van der Waals surface area contributed by atoms with Gasteiger partial charge in [0.1, 0.15) is 0 Å². The Labute approximate surface area is 102 Å². The molecule has 0 aromatic carbocycles. The Balaban J connectivity index is -0.00000000859. The van der Waals surface area contributed by atoms with Gasteiger partial charge in [-0.05, 0) is 0 Å². The Kier molecular flexibility index (Phi) is 225. The number of allylic oxidation sites excluding steroid dienone is 4. The second-order valence-corrected chi connectivity index (χ2v) is 1.00. The van der Waals surface area contributed by atoms with Gasteiger partial charge in [-0.15, -0.1) is 6.42 Å². The predicted octanol–water partition coefficient (Wildman–Crippen LogP) is 3.16. The number of hydrogen-bond donors (Lipinski definition) is 1. The summed E-state index contributed by atoms with van der Waals surface area (Å²) in [6, 6.07) is 0. The minimum Gasteiger partial charge on any atom is -0.400 e. The standard InChI is InChI=1S/C5H5.CH4O.5CH3.Ti/c1-2-4-5-3-1;1-2;;;;;;/h1-3H,4H2;2H,1H3;5*1H3;/q-1;;5*-1;. The molecule has 0 aliphatic heterocycles. The molecule has 0 radical (unpaired) electrons. The van der Waals surface area contributed by atoms with E-state index >= 15 is 0 Å². The van der Waals surface area contributed by atoms with Crippen LogP contribution in [0.5, 0.6) is 0 Å². The van der Waals surface area contributed by atoms with E-state index in [2.05, 4.69) is 12.2 Å². The second kappa shape index (κ2) is 56.9. The summed E-state index contributed by atoms with van der Waals surface area (Å²) >= 11 is 0. The van der Waals surface area contributed by atoms with Crippen LogP contribution in [0.2, 0.25) is 0 Å². The topological polar surface area (TPSA) is 20.2 Å². The molecule has 0 aromatic rings. The molecule has 1 aliphatic carbocycles. The van der Waals surface area contributed by atoms with Gasteiger partial charge >= 0.3 is 0 Å². The Morgan fingerprint density at radius 2 is 1.38 bits per heavy atom. The first-order valence-electron chi connectivity index (χ1n) is 2.16. The van der Waals surface area contributed by atoms with Gasteiger partial charge in [0, 0.05) is 28.8 Å². The fraction of sp³-hybridized carbons (Fsp3) is 0.182. The van der Waals surface area contributed by atoms with Crippen LogP contribution in [0.4, 0.5) is 0 Å². The van der Waals surface area contributed by atoms with Crippen molar-refractivity contribution in [3.8, 4) is 0 Å². The van der Waals surface area contributed by atoms with E-state index in [-0.39, 0.29) is 58.9 Å². The maximum absolute atomic E-state index is 7.00. The van der Waals surface area contributed by atoms with Crippen LogP contribution in [0.1, 0.15) is 6.42 Å². The third-order valence-corrected chi connectivity index (χ3v) is 0.586. The number of hydrogen-bond acceptors (Lipinski definition) is 1. The summed E-state index contributed by atoms with van der Waals surface area (Å²) < 4.78 is 0. The SMILES string of the molecule is CO.[C-]1=CC=CC1.[CH3-].[CH3-].[CH3-].[CH3-].[CH3-].[Ti]. The van der Waals surface area contributed by atoms with Crippen LogP contribution >= 0.6 is 0 Å². The van der Waals surface area contributed by atoms with E-state index in [1.807, 2.05) is 12.2 Å². The van der Waals surface area contributed by atoms with Gasteiger partial charge in [0.25, 0.3) is 0 Å². The number of aliphatic hydroxyl groups excluding tert-OH is 1. The first-order valence-corrected chi connectivity index (χ1v) is 2.16. The summed E-state index contributed by atoms with van der Waals surface area (Å²) in [4.78, 5) is 0. The van der Waals surface area contributed by atoms with Crippen molar-refractivity contribution in [2.24, 2.45) is 0 Å². The molecule has 13 heavy (non-hydrogen) atoms. The van der Waals surface area contributed by atoms with Crippen LogP contribution < -0.4 is 0 Å². The van der Waals surface area contributed by atoms with Gasteiger partial charge in [-0.2, -0.15) is 6.08 Å². The molecule has 0 spiro atoms. The van der Waals surface area contributed by atoms with Crippen molar-refractivity contribution in [1.29, 1.82) is 0 Å². The van der Waals surface area contributed by atoms with Crippen molar-refractivity contribution < 1.29 is 26.8 Å². The van der Waals surface area contributed by atoms with Crippen LogP contribution in [0.25, 0.3) is 0 Å². The van der Waals surface area contributed by atoms with E-state index in [1.54, 1.807) is 0 Å². The fourth-order valence-corrected chi connectivity index (χ4v) is 0.340. The van der Waals surface area contributed by atoms with Gasteiger partial charge < -0.3 is 42.2 Å². The van der Waals surface area contributed by atoms with Gasteiger partial charge in [0.05, 0.1) is 0 Å². The predicted molar refractivity (Wildman–Crippen MR) is 61.8 cm³/mol. The summed E-state index contributed by atoms with van der Waals surface area (Å²) in [7, 11) is 1.00. The number of rotatable bonds is 0. The fourth-order valence-electron chi connectivity index (χ4n) is 0.340. The van der Waals surface area contributed by atoms with Crippen LogP contribution in [0.15, 0.2) is 18.2 Å². The smallest absolute Gasteiger partial charge is 0.0319 e. The Morgan fingerprint density at radius 3 is 1.46 bits per heavy atom. The molecule has 0 amide bonds. The Hall–Kier alpha value is 0.154. The minimum absolute atomic E-state index is 0. The molecule has 0 unspecified atom stereocenters. The monoisotopic (exact) mass is 220 g/mol. The number of aliphatic hydroxyl groups is 1. The van der Waals surface area contributed by atoms with Gasteiger partial charge in [-0.3, -0.25) is 6.08 Å². The van der Waals surface area contributed by atoms with Gasteiger partial charge in [0.2, 0.25) is 0 Å². The maximum atomic E-state index is 7.00. The molecule has 0 bridgehead atoms. The molecule has 1 aliphatic rings. The van der Waals surface area contributed by atoms with Crippen molar-refractivity contribution in [3.63, 3.8) is 0 Å². The van der Waals surface area contributed by atoms with E-state index in [1.165, 1.54) is 0 Å². The molecule has 0 atom stereocenters. The van der Waals surface area contributed by atoms with Gasteiger partial charge in [0.15, 0.2) is 0 Å².